The second kappa shape index (κ2) is 5.04. The van der Waals surface area contributed by atoms with Crippen molar-refractivity contribution in [1.82, 2.24) is 0 Å². The Morgan fingerprint density at radius 1 is 1.36 bits per heavy atom. The van der Waals surface area contributed by atoms with E-state index in [4.69, 9.17) is 12.2 Å². The first-order valence-corrected chi connectivity index (χ1v) is 6.42. The zero-order chi connectivity index (χ0) is 8.10. The van der Waals surface area contributed by atoms with E-state index < -0.39 is 0 Å². The van der Waals surface area contributed by atoms with Crippen molar-refractivity contribution >= 4 is 45.8 Å². The van der Waals surface area contributed by atoms with E-state index >= 15 is 0 Å². The predicted octanol–water partition coefficient (Wildman–Crippen LogP) is 2.57. The van der Waals surface area contributed by atoms with Crippen molar-refractivity contribution in [2.75, 3.05) is 0 Å². The molecule has 0 heterocycles. The molecule has 0 N–H and O–H groups in total. The maximum absolute atomic E-state index is 4.94. The molecule has 58 valence electrons. The molecule has 0 aromatic heterocycles. The zero-order valence-electron chi connectivity index (χ0n) is 5.79. The first-order chi connectivity index (χ1) is 5.29. The van der Waals surface area contributed by atoms with E-state index in [0.717, 1.165) is 7.99 Å². The fraction of sp³-hybridized carbons (Fsp3) is 0.125. The van der Waals surface area contributed by atoms with E-state index in [0.29, 0.717) is 15.0 Å². The van der Waals surface area contributed by atoms with Crippen molar-refractivity contribution in [1.29, 1.82) is 0 Å². The molecule has 0 amide bonds. The van der Waals surface area contributed by atoms with Crippen LogP contribution in [0.5, 0.6) is 0 Å². The van der Waals surface area contributed by atoms with Crippen LogP contribution in [0.25, 0.3) is 0 Å². The van der Waals surface area contributed by atoms with Crippen molar-refractivity contribution in [2.45, 2.75) is 5.32 Å². The normalized spacial score (nSPS) is 9.55. The minimum atomic E-state index is 0.427. The Morgan fingerprint density at radius 3 is 2.55 bits per heavy atom. The molecule has 0 unspecified atom stereocenters. The standard InChI is InChI=1S/C8H7BrSSe/c9-8(10)11-6-7-4-2-1-3-5-7/h1-5H,6H2. The first kappa shape index (κ1) is 9.40. The van der Waals surface area contributed by atoms with Crippen LogP contribution in [-0.2, 0) is 5.32 Å². The quantitative estimate of drug-likeness (QED) is 0.469. The molecule has 1 aromatic rings. The van der Waals surface area contributed by atoms with E-state index in [9.17, 15) is 0 Å². The van der Waals surface area contributed by atoms with Crippen molar-refractivity contribution in [3.63, 3.8) is 0 Å². The number of benzene rings is 1. The van der Waals surface area contributed by atoms with Gasteiger partial charge < -0.3 is 0 Å². The van der Waals surface area contributed by atoms with Crippen LogP contribution < -0.4 is 0 Å². The molecule has 0 saturated heterocycles. The number of rotatable bonds is 3. The molecule has 3 heteroatoms. The molecule has 0 aliphatic carbocycles. The van der Waals surface area contributed by atoms with E-state index in [1.807, 2.05) is 6.07 Å². The van der Waals surface area contributed by atoms with E-state index in [1.165, 1.54) is 5.56 Å². The van der Waals surface area contributed by atoms with Crippen LogP contribution in [0.1, 0.15) is 5.56 Å². The van der Waals surface area contributed by atoms with Gasteiger partial charge in [-0.15, -0.1) is 0 Å². The third-order valence-corrected chi connectivity index (χ3v) is 4.48. The Balaban J connectivity index is 2.45. The minimum absolute atomic E-state index is 0.427. The maximum atomic E-state index is 4.94. The number of hydrogen-bond acceptors (Lipinski definition) is 1. The molecule has 1 aromatic carbocycles. The predicted molar refractivity (Wildman–Crippen MR) is 57.4 cm³/mol. The summed E-state index contributed by atoms with van der Waals surface area (Å²) in [7, 11) is 0. The molecule has 0 spiro atoms. The van der Waals surface area contributed by atoms with Crippen LogP contribution in [0.15, 0.2) is 30.3 Å². The summed E-state index contributed by atoms with van der Waals surface area (Å²) in [6.07, 6.45) is 0. The summed E-state index contributed by atoms with van der Waals surface area (Å²) in [4.78, 5) is 0. The summed E-state index contributed by atoms with van der Waals surface area (Å²) >= 11 is 8.66. The first-order valence-electron chi connectivity index (χ1n) is 3.15. The molecule has 0 aliphatic heterocycles. The van der Waals surface area contributed by atoms with Crippen LogP contribution in [0, 0.1) is 0 Å². The van der Waals surface area contributed by atoms with Crippen molar-refractivity contribution in [3.8, 4) is 0 Å². The van der Waals surface area contributed by atoms with Gasteiger partial charge in [-0.05, 0) is 0 Å². The Hall–Kier alpha value is 0.309. The van der Waals surface area contributed by atoms with Crippen LogP contribution in [0.3, 0.4) is 0 Å². The summed E-state index contributed by atoms with van der Waals surface area (Å²) in [5.74, 6) is 0. The van der Waals surface area contributed by atoms with Gasteiger partial charge in [0.1, 0.15) is 0 Å². The molecule has 0 fully saturated rings. The fourth-order valence-electron chi connectivity index (χ4n) is 0.714. The van der Waals surface area contributed by atoms with Crippen LogP contribution >= 0.6 is 28.1 Å². The van der Waals surface area contributed by atoms with Gasteiger partial charge >= 0.3 is 87.0 Å². The van der Waals surface area contributed by atoms with Gasteiger partial charge in [-0.25, -0.2) is 0 Å². The van der Waals surface area contributed by atoms with Gasteiger partial charge in [-0.2, -0.15) is 0 Å². The zero-order valence-corrected chi connectivity index (χ0v) is 9.90. The summed E-state index contributed by atoms with van der Waals surface area (Å²) in [5, 5.41) is 1.10. The topological polar surface area (TPSA) is 0 Å². The average molecular weight is 294 g/mol. The van der Waals surface area contributed by atoms with Crippen LogP contribution in [0.2, 0.25) is 0 Å². The molecular formula is C8H7BrSSe. The Morgan fingerprint density at radius 2 is 2.00 bits per heavy atom. The molecule has 0 aliphatic rings. The molecule has 0 atom stereocenters. The van der Waals surface area contributed by atoms with Gasteiger partial charge in [0, 0.05) is 0 Å². The molecule has 0 bridgehead atoms. The third kappa shape index (κ3) is 4.02. The SMILES string of the molecule is S=C(Br)[Se]Cc1ccccc1. The monoisotopic (exact) mass is 294 g/mol. The number of halogens is 1. The van der Waals surface area contributed by atoms with Crippen molar-refractivity contribution < 1.29 is 0 Å². The van der Waals surface area contributed by atoms with E-state index in [2.05, 4.69) is 40.2 Å². The van der Waals surface area contributed by atoms with Gasteiger partial charge in [0.05, 0.1) is 0 Å². The van der Waals surface area contributed by atoms with Gasteiger partial charge in [0.2, 0.25) is 0 Å². The summed E-state index contributed by atoms with van der Waals surface area (Å²) in [6.45, 7) is 0. The third-order valence-electron chi connectivity index (χ3n) is 1.20. The van der Waals surface area contributed by atoms with Crippen LogP contribution in [-0.4, -0.2) is 17.6 Å². The molecule has 0 radical (unpaired) electrons. The Kier molecular flexibility index (Phi) is 4.31. The summed E-state index contributed by atoms with van der Waals surface area (Å²) in [5.41, 5.74) is 1.37. The van der Waals surface area contributed by atoms with Gasteiger partial charge in [-0.3, -0.25) is 0 Å². The van der Waals surface area contributed by atoms with Gasteiger partial charge in [0.15, 0.2) is 0 Å². The van der Waals surface area contributed by atoms with Gasteiger partial charge in [0.25, 0.3) is 0 Å². The molecule has 1 rings (SSSR count). The number of thiocarbonyl (C=S) groups is 1. The van der Waals surface area contributed by atoms with E-state index in [-0.39, 0.29) is 0 Å². The van der Waals surface area contributed by atoms with Crippen molar-refractivity contribution in [3.05, 3.63) is 35.9 Å². The van der Waals surface area contributed by atoms with Crippen LogP contribution in [0.4, 0.5) is 0 Å². The van der Waals surface area contributed by atoms with E-state index in [1.54, 1.807) is 0 Å². The summed E-state index contributed by atoms with van der Waals surface area (Å²) in [6, 6.07) is 10.4. The Bertz CT molecular complexity index is 235. The molecule has 0 nitrogen and oxygen atoms in total. The number of hydrogen-bond donors (Lipinski definition) is 0. The second-order valence-corrected chi connectivity index (χ2v) is 7.57. The fourth-order valence-corrected chi connectivity index (χ4v) is 2.61. The average Bonchev–Trinajstić information content (AvgIpc) is 2.03. The summed E-state index contributed by atoms with van der Waals surface area (Å²) < 4.78 is 0.967. The Labute approximate surface area is 86.7 Å². The van der Waals surface area contributed by atoms with Crippen molar-refractivity contribution in [2.24, 2.45) is 0 Å². The van der Waals surface area contributed by atoms with Gasteiger partial charge in [-0.1, -0.05) is 0 Å². The molecule has 11 heavy (non-hydrogen) atoms. The molecular weight excluding hydrogens is 287 g/mol. The molecule has 0 saturated carbocycles. The second-order valence-electron chi connectivity index (χ2n) is 2.01.